The first-order chi connectivity index (χ1) is 4.88. The Kier molecular flexibility index (Phi) is 2.83. The van der Waals surface area contributed by atoms with E-state index in [-0.39, 0.29) is 12.2 Å². The average Bonchev–Trinajstić information content (AvgIpc) is 2.43. The zero-order chi connectivity index (χ0) is 7.40. The van der Waals surface area contributed by atoms with E-state index >= 15 is 0 Å². The van der Waals surface area contributed by atoms with Crippen LogP contribution in [0.4, 0.5) is 0 Å². The molecule has 3 heteroatoms. The highest BCUT2D eigenvalue weighted by molar-refractivity contribution is 5.53. The predicted octanol–water partition coefficient (Wildman–Crippen LogP) is 0.584. The highest BCUT2D eigenvalue weighted by Gasteiger charge is 2.24. The van der Waals surface area contributed by atoms with Crippen LogP contribution in [0.3, 0.4) is 0 Å². The normalized spacial score (nSPS) is 22.9. The van der Waals surface area contributed by atoms with Crippen LogP contribution in [0.1, 0.15) is 13.3 Å². The summed E-state index contributed by atoms with van der Waals surface area (Å²) in [4.78, 5) is 10.4. The molecule has 0 aromatic heterocycles. The van der Waals surface area contributed by atoms with Crippen molar-refractivity contribution in [3.63, 3.8) is 0 Å². The third kappa shape index (κ3) is 1.55. The number of carbonyl (C=O) groups excluding carboxylic acids is 1. The number of hydrogen-bond donors (Lipinski definition) is 0. The number of carbonyl (C=O) groups is 1. The van der Waals surface area contributed by atoms with Crippen molar-refractivity contribution in [2.45, 2.75) is 19.6 Å². The fourth-order valence-electron chi connectivity index (χ4n) is 0.977. The largest absolute Gasteiger partial charge is 0.350 e. The fraction of sp³-hybridized carbons (Fsp3) is 0.857. The van der Waals surface area contributed by atoms with Crippen molar-refractivity contribution in [1.82, 2.24) is 0 Å². The van der Waals surface area contributed by atoms with Crippen LogP contribution in [-0.4, -0.2) is 25.8 Å². The van der Waals surface area contributed by atoms with Crippen LogP contribution in [0.5, 0.6) is 0 Å². The summed E-state index contributed by atoms with van der Waals surface area (Å²) in [6.45, 7) is 3.19. The molecule has 1 aliphatic heterocycles. The molecule has 0 saturated carbocycles. The van der Waals surface area contributed by atoms with E-state index in [2.05, 4.69) is 0 Å². The molecular weight excluding hydrogens is 132 g/mol. The van der Waals surface area contributed by atoms with E-state index in [1.165, 1.54) is 0 Å². The standard InChI is InChI=1S/C7H12O3/c1-2-6(5-8)7-9-3-4-10-7/h5-7H,2-4H2,1H3. The van der Waals surface area contributed by atoms with Crippen molar-refractivity contribution in [1.29, 1.82) is 0 Å². The Bertz CT molecular complexity index is 107. The molecular formula is C7H12O3. The molecule has 1 unspecified atom stereocenters. The first-order valence-corrected chi connectivity index (χ1v) is 3.57. The van der Waals surface area contributed by atoms with Crippen LogP contribution >= 0.6 is 0 Å². The van der Waals surface area contributed by atoms with Gasteiger partial charge in [-0.3, -0.25) is 0 Å². The summed E-state index contributed by atoms with van der Waals surface area (Å²) in [5.41, 5.74) is 0. The molecule has 0 aromatic rings. The molecule has 1 atom stereocenters. The number of hydrogen-bond acceptors (Lipinski definition) is 3. The van der Waals surface area contributed by atoms with Gasteiger partial charge in [-0.1, -0.05) is 6.92 Å². The summed E-state index contributed by atoms with van der Waals surface area (Å²) < 4.78 is 10.3. The smallest absolute Gasteiger partial charge is 0.167 e. The molecule has 0 aromatic carbocycles. The van der Waals surface area contributed by atoms with Gasteiger partial charge in [0.2, 0.25) is 0 Å². The molecule has 1 heterocycles. The van der Waals surface area contributed by atoms with Crippen LogP contribution in [0, 0.1) is 5.92 Å². The van der Waals surface area contributed by atoms with Gasteiger partial charge in [-0.05, 0) is 6.42 Å². The van der Waals surface area contributed by atoms with Crippen LogP contribution in [0.15, 0.2) is 0 Å². The van der Waals surface area contributed by atoms with E-state index in [4.69, 9.17) is 9.47 Å². The minimum atomic E-state index is -0.275. The molecule has 0 radical (unpaired) electrons. The zero-order valence-electron chi connectivity index (χ0n) is 6.08. The van der Waals surface area contributed by atoms with Gasteiger partial charge in [0.05, 0.1) is 19.1 Å². The van der Waals surface area contributed by atoms with Crippen LogP contribution in [-0.2, 0) is 14.3 Å². The summed E-state index contributed by atoms with van der Waals surface area (Å²) in [5, 5.41) is 0. The zero-order valence-corrected chi connectivity index (χ0v) is 6.08. The lowest BCUT2D eigenvalue weighted by molar-refractivity contribution is -0.127. The highest BCUT2D eigenvalue weighted by Crippen LogP contribution is 2.15. The Morgan fingerprint density at radius 3 is 2.60 bits per heavy atom. The Hall–Kier alpha value is -0.410. The minimum absolute atomic E-state index is 0.0810. The maximum Gasteiger partial charge on any atom is 0.167 e. The highest BCUT2D eigenvalue weighted by atomic mass is 16.7. The van der Waals surface area contributed by atoms with E-state index < -0.39 is 0 Å². The summed E-state index contributed by atoms with van der Waals surface area (Å²) in [7, 11) is 0. The SMILES string of the molecule is CCC(C=O)C1OCCO1. The Labute approximate surface area is 60.3 Å². The van der Waals surface area contributed by atoms with Gasteiger partial charge in [-0.25, -0.2) is 0 Å². The summed E-state index contributed by atoms with van der Waals surface area (Å²) in [5.74, 6) is -0.0810. The van der Waals surface area contributed by atoms with Crippen molar-refractivity contribution in [2.75, 3.05) is 13.2 Å². The summed E-state index contributed by atoms with van der Waals surface area (Å²) in [6, 6.07) is 0. The predicted molar refractivity (Wildman–Crippen MR) is 35.5 cm³/mol. The van der Waals surface area contributed by atoms with Gasteiger partial charge in [0, 0.05) is 0 Å². The Morgan fingerprint density at radius 1 is 1.60 bits per heavy atom. The molecule has 10 heavy (non-hydrogen) atoms. The second-order valence-corrected chi connectivity index (χ2v) is 2.32. The lowest BCUT2D eigenvalue weighted by Gasteiger charge is -2.13. The van der Waals surface area contributed by atoms with Crippen LogP contribution < -0.4 is 0 Å². The van der Waals surface area contributed by atoms with E-state index in [1.54, 1.807) is 0 Å². The molecule has 1 saturated heterocycles. The maximum absolute atomic E-state index is 10.4. The molecule has 0 amide bonds. The summed E-state index contributed by atoms with van der Waals surface area (Å²) >= 11 is 0. The van der Waals surface area contributed by atoms with Crippen LogP contribution in [0.25, 0.3) is 0 Å². The Morgan fingerprint density at radius 2 is 2.20 bits per heavy atom. The quantitative estimate of drug-likeness (QED) is 0.544. The van der Waals surface area contributed by atoms with Gasteiger partial charge in [0.15, 0.2) is 6.29 Å². The van der Waals surface area contributed by atoms with Gasteiger partial charge in [-0.2, -0.15) is 0 Å². The first kappa shape index (κ1) is 7.69. The molecule has 3 nitrogen and oxygen atoms in total. The molecule has 0 bridgehead atoms. The van der Waals surface area contributed by atoms with E-state index in [0.29, 0.717) is 13.2 Å². The van der Waals surface area contributed by atoms with Gasteiger partial charge < -0.3 is 14.3 Å². The fourth-order valence-corrected chi connectivity index (χ4v) is 0.977. The molecule has 1 aliphatic rings. The molecule has 0 N–H and O–H groups in total. The minimum Gasteiger partial charge on any atom is -0.350 e. The monoisotopic (exact) mass is 144 g/mol. The van der Waals surface area contributed by atoms with E-state index in [0.717, 1.165) is 12.7 Å². The number of ether oxygens (including phenoxy) is 2. The van der Waals surface area contributed by atoms with E-state index in [9.17, 15) is 4.79 Å². The van der Waals surface area contributed by atoms with Gasteiger partial charge >= 0.3 is 0 Å². The number of aldehydes is 1. The topological polar surface area (TPSA) is 35.5 Å². The van der Waals surface area contributed by atoms with Crippen molar-refractivity contribution in [3.05, 3.63) is 0 Å². The molecule has 0 aliphatic carbocycles. The van der Waals surface area contributed by atoms with Crippen LogP contribution in [0.2, 0.25) is 0 Å². The first-order valence-electron chi connectivity index (χ1n) is 3.57. The van der Waals surface area contributed by atoms with Crippen molar-refractivity contribution >= 4 is 6.29 Å². The average molecular weight is 144 g/mol. The van der Waals surface area contributed by atoms with E-state index in [1.807, 2.05) is 6.92 Å². The van der Waals surface area contributed by atoms with Gasteiger partial charge in [0.1, 0.15) is 6.29 Å². The molecule has 58 valence electrons. The lowest BCUT2D eigenvalue weighted by Crippen LogP contribution is -2.21. The summed E-state index contributed by atoms with van der Waals surface area (Å²) in [6.07, 6.45) is 1.41. The molecule has 1 fully saturated rings. The van der Waals surface area contributed by atoms with Crippen molar-refractivity contribution in [2.24, 2.45) is 5.92 Å². The number of rotatable bonds is 3. The van der Waals surface area contributed by atoms with Gasteiger partial charge in [0.25, 0.3) is 0 Å². The van der Waals surface area contributed by atoms with Gasteiger partial charge in [-0.15, -0.1) is 0 Å². The second-order valence-electron chi connectivity index (χ2n) is 2.32. The lowest BCUT2D eigenvalue weighted by atomic mass is 10.1. The van der Waals surface area contributed by atoms with Crippen molar-refractivity contribution in [3.8, 4) is 0 Å². The molecule has 1 rings (SSSR count). The molecule has 0 spiro atoms. The Balaban J connectivity index is 2.36. The third-order valence-corrected chi connectivity index (χ3v) is 1.64. The third-order valence-electron chi connectivity index (χ3n) is 1.64. The maximum atomic E-state index is 10.4. The second kappa shape index (κ2) is 3.68. The van der Waals surface area contributed by atoms with Crippen molar-refractivity contribution < 1.29 is 14.3 Å².